The molecule has 15 heavy (non-hydrogen) atoms. The van der Waals surface area contributed by atoms with E-state index >= 15 is 0 Å². The first-order valence-corrected chi connectivity index (χ1v) is 5.78. The molecule has 0 aliphatic heterocycles. The zero-order valence-corrected chi connectivity index (χ0v) is 10.7. The van der Waals surface area contributed by atoms with Crippen LogP contribution in [0.15, 0.2) is 12.2 Å². The Morgan fingerprint density at radius 3 is 2.27 bits per heavy atom. The summed E-state index contributed by atoms with van der Waals surface area (Å²) < 4.78 is 5.35. The third-order valence-corrected chi connectivity index (χ3v) is 2.06. The summed E-state index contributed by atoms with van der Waals surface area (Å²) in [6.07, 6.45) is 6.80. The Kier molecular flexibility index (Phi) is 6.30. The quantitative estimate of drug-likeness (QED) is 0.513. The van der Waals surface area contributed by atoms with Crippen LogP contribution in [0.2, 0.25) is 0 Å². The second-order valence-electron chi connectivity index (χ2n) is 4.75. The Balaban J connectivity index is 4.16. The normalized spacial score (nSPS) is 14.2. The van der Waals surface area contributed by atoms with E-state index in [1.54, 1.807) is 0 Å². The first-order chi connectivity index (χ1) is 6.90. The molecule has 0 aromatic carbocycles. The van der Waals surface area contributed by atoms with E-state index in [-0.39, 0.29) is 17.5 Å². The van der Waals surface area contributed by atoms with Gasteiger partial charge in [-0.05, 0) is 40.0 Å². The van der Waals surface area contributed by atoms with E-state index in [9.17, 15) is 4.79 Å². The lowest BCUT2D eigenvalue weighted by molar-refractivity contribution is -0.159. The van der Waals surface area contributed by atoms with E-state index in [4.69, 9.17) is 4.74 Å². The molecule has 1 atom stereocenters. The molecule has 0 saturated carbocycles. The molecule has 2 nitrogen and oxygen atoms in total. The molecular formula is C13H24O2. The van der Waals surface area contributed by atoms with Crippen LogP contribution in [0.5, 0.6) is 0 Å². The van der Waals surface area contributed by atoms with E-state index in [1.807, 2.05) is 27.7 Å². The van der Waals surface area contributed by atoms with Gasteiger partial charge >= 0.3 is 5.97 Å². The van der Waals surface area contributed by atoms with E-state index in [0.29, 0.717) is 0 Å². The van der Waals surface area contributed by atoms with Crippen LogP contribution in [-0.2, 0) is 9.53 Å². The van der Waals surface area contributed by atoms with E-state index in [0.717, 1.165) is 19.3 Å². The predicted molar refractivity (Wildman–Crippen MR) is 63.7 cm³/mol. The largest absolute Gasteiger partial charge is 0.460 e. The maximum atomic E-state index is 11.7. The monoisotopic (exact) mass is 212 g/mol. The minimum atomic E-state index is -0.376. The Morgan fingerprint density at radius 2 is 1.87 bits per heavy atom. The van der Waals surface area contributed by atoms with Crippen molar-refractivity contribution in [2.45, 2.75) is 59.5 Å². The van der Waals surface area contributed by atoms with E-state index in [2.05, 4.69) is 19.1 Å². The van der Waals surface area contributed by atoms with Gasteiger partial charge in [-0.15, -0.1) is 0 Å². The van der Waals surface area contributed by atoms with Crippen molar-refractivity contribution in [1.82, 2.24) is 0 Å². The molecule has 0 spiro atoms. The van der Waals surface area contributed by atoms with Gasteiger partial charge in [0.05, 0.1) is 5.92 Å². The number of ether oxygens (including phenoxy) is 1. The van der Waals surface area contributed by atoms with Crippen LogP contribution >= 0.6 is 0 Å². The molecule has 2 heteroatoms. The van der Waals surface area contributed by atoms with Crippen molar-refractivity contribution in [1.29, 1.82) is 0 Å². The van der Waals surface area contributed by atoms with Gasteiger partial charge < -0.3 is 4.74 Å². The molecule has 88 valence electrons. The van der Waals surface area contributed by atoms with Gasteiger partial charge in [0.2, 0.25) is 0 Å². The van der Waals surface area contributed by atoms with Gasteiger partial charge in [0.25, 0.3) is 0 Å². The molecule has 0 aliphatic carbocycles. The smallest absolute Gasteiger partial charge is 0.309 e. The molecule has 1 unspecified atom stereocenters. The fourth-order valence-corrected chi connectivity index (χ4v) is 1.24. The maximum Gasteiger partial charge on any atom is 0.309 e. The lowest BCUT2D eigenvalue weighted by Crippen LogP contribution is -2.28. The molecule has 0 aromatic rings. The van der Waals surface area contributed by atoms with Crippen LogP contribution in [0.4, 0.5) is 0 Å². The Labute approximate surface area is 93.7 Å². The average Bonchev–Trinajstić information content (AvgIpc) is 2.09. The van der Waals surface area contributed by atoms with Crippen LogP contribution in [0.1, 0.15) is 53.9 Å². The number of esters is 1. The molecule has 0 amide bonds. The van der Waals surface area contributed by atoms with Crippen molar-refractivity contribution >= 4 is 5.97 Å². The number of hydrogen-bond donors (Lipinski definition) is 0. The highest BCUT2D eigenvalue weighted by atomic mass is 16.6. The van der Waals surface area contributed by atoms with Crippen LogP contribution in [0.3, 0.4) is 0 Å². The second kappa shape index (κ2) is 6.65. The van der Waals surface area contributed by atoms with Crippen molar-refractivity contribution < 1.29 is 9.53 Å². The van der Waals surface area contributed by atoms with Crippen LogP contribution in [0, 0.1) is 5.92 Å². The van der Waals surface area contributed by atoms with Gasteiger partial charge in [-0.1, -0.05) is 26.0 Å². The summed E-state index contributed by atoms with van der Waals surface area (Å²) in [5.41, 5.74) is -0.376. The third kappa shape index (κ3) is 7.18. The van der Waals surface area contributed by atoms with Crippen LogP contribution < -0.4 is 0 Å². The summed E-state index contributed by atoms with van der Waals surface area (Å²) in [4.78, 5) is 11.7. The zero-order chi connectivity index (χ0) is 11.9. The van der Waals surface area contributed by atoms with Crippen LogP contribution in [0.25, 0.3) is 0 Å². The Morgan fingerprint density at radius 1 is 1.27 bits per heavy atom. The standard InChI is InChI=1S/C13H24O2/c1-6-8-9-10-11(7-2)12(14)15-13(3,4)5/h8-9,11H,6-7,10H2,1-5H3. The van der Waals surface area contributed by atoms with Gasteiger partial charge in [-0.3, -0.25) is 4.79 Å². The minimum Gasteiger partial charge on any atom is -0.460 e. The summed E-state index contributed by atoms with van der Waals surface area (Å²) in [6.45, 7) is 9.82. The van der Waals surface area contributed by atoms with Gasteiger partial charge in [-0.2, -0.15) is 0 Å². The topological polar surface area (TPSA) is 26.3 Å². The summed E-state index contributed by atoms with van der Waals surface area (Å²) in [5.74, 6) is -0.0715. The highest BCUT2D eigenvalue weighted by Gasteiger charge is 2.22. The lowest BCUT2D eigenvalue weighted by Gasteiger charge is -2.22. The fourth-order valence-electron chi connectivity index (χ4n) is 1.24. The number of hydrogen-bond acceptors (Lipinski definition) is 2. The van der Waals surface area contributed by atoms with Gasteiger partial charge in [0.1, 0.15) is 5.60 Å². The molecule has 0 aliphatic rings. The predicted octanol–water partition coefficient (Wildman–Crippen LogP) is 3.71. The third-order valence-electron chi connectivity index (χ3n) is 2.06. The summed E-state index contributed by atoms with van der Waals surface area (Å²) in [7, 11) is 0. The van der Waals surface area contributed by atoms with Crippen molar-refractivity contribution in [3.8, 4) is 0 Å². The van der Waals surface area contributed by atoms with Crippen molar-refractivity contribution in [3.63, 3.8) is 0 Å². The van der Waals surface area contributed by atoms with Crippen molar-refractivity contribution in [2.24, 2.45) is 5.92 Å². The van der Waals surface area contributed by atoms with Crippen molar-refractivity contribution in [2.75, 3.05) is 0 Å². The summed E-state index contributed by atoms with van der Waals surface area (Å²) in [5, 5.41) is 0. The first-order valence-electron chi connectivity index (χ1n) is 5.78. The van der Waals surface area contributed by atoms with E-state index in [1.165, 1.54) is 0 Å². The number of carbonyl (C=O) groups is 1. The zero-order valence-electron chi connectivity index (χ0n) is 10.7. The average molecular weight is 212 g/mol. The fraction of sp³-hybridized carbons (Fsp3) is 0.769. The molecule has 0 rings (SSSR count). The highest BCUT2D eigenvalue weighted by Crippen LogP contribution is 2.16. The van der Waals surface area contributed by atoms with Gasteiger partial charge in [-0.25, -0.2) is 0 Å². The molecule has 0 aromatic heterocycles. The summed E-state index contributed by atoms with van der Waals surface area (Å²) >= 11 is 0. The van der Waals surface area contributed by atoms with Gasteiger partial charge in [0.15, 0.2) is 0 Å². The van der Waals surface area contributed by atoms with Gasteiger partial charge in [0, 0.05) is 0 Å². The number of allylic oxidation sites excluding steroid dienone is 2. The molecule has 0 heterocycles. The van der Waals surface area contributed by atoms with E-state index < -0.39 is 0 Å². The molecule has 0 saturated heterocycles. The Hall–Kier alpha value is -0.790. The van der Waals surface area contributed by atoms with Crippen LogP contribution in [-0.4, -0.2) is 11.6 Å². The molecule has 0 bridgehead atoms. The number of rotatable bonds is 5. The molecular weight excluding hydrogens is 188 g/mol. The first kappa shape index (κ1) is 14.2. The maximum absolute atomic E-state index is 11.7. The molecule has 0 N–H and O–H groups in total. The molecule has 0 radical (unpaired) electrons. The Bertz CT molecular complexity index is 211. The minimum absolute atomic E-state index is 0.00650. The summed E-state index contributed by atoms with van der Waals surface area (Å²) in [6, 6.07) is 0. The SMILES string of the molecule is CCC=CCC(CC)C(=O)OC(C)(C)C. The highest BCUT2D eigenvalue weighted by molar-refractivity contribution is 5.73. The lowest BCUT2D eigenvalue weighted by atomic mass is 10.0. The second-order valence-corrected chi connectivity index (χ2v) is 4.75. The number of carbonyl (C=O) groups excluding carboxylic acids is 1. The van der Waals surface area contributed by atoms with Crippen molar-refractivity contribution in [3.05, 3.63) is 12.2 Å². The molecule has 0 fully saturated rings.